The van der Waals surface area contributed by atoms with Gasteiger partial charge in [0.05, 0.1) is 0 Å². The van der Waals surface area contributed by atoms with E-state index in [0.717, 1.165) is 0 Å². The van der Waals surface area contributed by atoms with Gasteiger partial charge in [0.1, 0.15) is 0 Å². The van der Waals surface area contributed by atoms with E-state index in [9.17, 15) is 0 Å². The molecule has 0 radical (unpaired) electrons. The van der Waals surface area contributed by atoms with Crippen molar-refractivity contribution in [1.82, 2.24) is 0 Å². The van der Waals surface area contributed by atoms with E-state index in [0.29, 0.717) is 5.92 Å². The van der Waals surface area contributed by atoms with Gasteiger partial charge in [0, 0.05) is 0 Å². The minimum absolute atomic E-state index is 0.688. The van der Waals surface area contributed by atoms with Crippen LogP contribution in [0.25, 0.3) is 0 Å². The maximum absolute atomic E-state index is 3.68. The molecule has 70 valence electrons. The van der Waals surface area contributed by atoms with E-state index in [1.165, 1.54) is 23.1 Å². The van der Waals surface area contributed by atoms with Gasteiger partial charge in [-0.2, -0.15) is 0 Å². The lowest BCUT2D eigenvalue weighted by Crippen LogP contribution is -2.04. The van der Waals surface area contributed by atoms with Gasteiger partial charge < -0.3 is 0 Å². The average molecular weight is 174 g/mol. The van der Waals surface area contributed by atoms with Crippen LogP contribution in [0.2, 0.25) is 0 Å². The molecular weight excluding hydrogens is 156 g/mol. The minimum atomic E-state index is 0.688. The van der Waals surface area contributed by atoms with Crippen LogP contribution in [-0.4, -0.2) is 0 Å². The van der Waals surface area contributed by atoms with Crippen molar-refractivity contribution in [2.45, 2.75) is 27.2 Å². The number of allylic oxidation sites excluding steroid dienone is 7. The molecule has 0 N–H and O–H groups in total. The molecule has 0 nitrogen and oxygen atoms in total. The SMILES string of the molecule is C=C/C=C\C1=C(C)C=C(C)C(C)C1. The highest BCUT2D eigenvalue weighted by atomic mass is 14.2. The maximum atomic E-state index is 3.68. The minimum Gasteiger partial charge on any atom is -0.0991 e. The molecule has 0 aromatic heterocycles. The Bertz CT molecular complexity index is 287. The van der Waals surface area contributed by atoms with Crippen LogP contribution in [0.1, 0.15) is 27.2 Å². The first-order valence-electron chi connectivity index (χ1n) is 4.82. The van der Waals surface area contributed by atoms with E-state index < -0.39 is 0 Å². The molecule has 0 spiro atoms. The van der Waals surface area contributed by atoms with Gasteiger partial charge in [-0.15, -0.1) is 0 Å². The number of hydrogen-bond donors (Lipinski definition) is 0. The van der Waals surface area contributed by atoms with Crippen molar-refractivity contribution in [1.29, 1.82) is 0 Å². The summed E-state index contributed by atoms with van der Waals surface area (Å²) in [6.07, 6.45) is 9.47. The molecule has 0 heteroatoms. The molecule has 0 aliphatic heterocycles. The Morgan fingerprint density at radius 3 is 2.77 bits per heavy atom. The molecule has 0 aromatic rings. The Labute approximate surface area is 81.4 Å². The van der Waals surface area contributed by atoms with E-state index in [2.05, 4.69) is 39.5 Å². The maximum Gasteiger partial charge on any atom is -0.0191 e. The summed E-state index contributed by atoms with van der Waals surface area (Å²) in [7, 11) is 0. The van der Waals surface area contributed by atoms with Crippen molar-refractivity contribution in [3.63, 3.8) is 0 Å². The zero-order valence-corrected chi connectivity index (χ0v) is 8.80. The molecule has 1 atom stereocenters. The third-order valence-corrected chi connectivity index (χ3v) is 2.69. The second-order valence-electron chi connectivity index (χ2n) is 3.80. The smallest absolute Gasteiger partial charge is 0.0191 e. The molecule has 1 aliphatic rings. The van der Waals surface area contributed by atoms with Crippen LogP contribution >= 0.6 is 0 Å². The molecule has 0 fully saturated rings. The first kappa shape index (κ1) is 10.0. The Hall–Kier alpha value is -1.04. The highest BCUT2D eigenvalue weighted by molar-refractivity contribution is 5.39. The Kier molecular flexibility index (Phi) is 3.30. The van der Waals surface area contributed by atoms with E-state index in [-0.39, 0.29) is 0 Å². The van der Waals surface area contributed by atoms with Gasteiger partial charge in [-0.25, -0.2) is 0 Å². The van der Waals surface area contributed by atoms with Gasteiger partial charge in [-0.05, 0) is 37.3 Å². The third kappa shape index (κ3) is 2.45. The van der Waals surface area contributed by atoms with Crippen molar-refractivity contribution in [2.75, 3.05) is 0 Å². The summed E-state index contributed by atoms with van der Waals surface area (Å²) in [6.45, 7) is 10.3. The summed E-state index contributed by atoms with van der Waals surface area (Å²) in [4.78, 5) is 0. The first-order chi connectivity index (χ1) is 6.15. The number of rotatable bonds is 2. The zero-order chi connectivity index (χ0) is 9.84. The van der Waals surface area contributed by atoms with Crippen LogP contribution < -0.4 is 0 Å². The van der Waals surface area contributed by atoms with Gasteiger partial charge in [-0.3, -0.25) is 0 Å². The van der Waals surface area contributed by atoms with Crippen molar-refractivity contribution in [2.24, 2.45) is 5.92 Å². The molecule has 0 heterocycles. The van der Waals surface area contributed by atoms with E-state index in [1.54, 1.807) is 0 Å². The van der Waals surface area contributed by atoms with Crippen LogP contribution in [0.15, 0.2) is 47.6 Å². The fraction of sp³-hybridized carbons (Fsp3) is 0.385. The van der Waals surface area contributed by atoms with Crippen LogP contribution in [-0.2, 0) is 0 Å². The molecular formula is C13H18. The Morgan fingerprint density at radius 1 is 1.46 bits per heavy atom. The lowest BCUT2D eigenvalue weighted by molar-refractivity contribution is 0.664. The van der Waals surface area contributed by atoms with Gasteiger partial charge in [0.2, 0.25) is 0 Å². The molecule has 0 aromatic carbocycles. The number of hydrogen-bond acceptors (Lipinski definition) is 0. The predicted molar refractivity (Wildman–Crippen MR) is 59.6 cm³/mol. The van der Waals surface area contributed by atoms with E-state index >= 15 is 0 Å². The molecule has 0 saturated carbocycles. The summed E-state index contributed by atoms with van der Waals surface area (Å²) in [5.74, 6) is 0.688. The highest BCUT2D eigenvalue weighted by Crippen LogP contribution is 2.29. The summed E-state index contributed by atoms with van der Waals surface area (Å²) < 4.78 is 0. The topological polar surface area (TPSA) is 0 Å². The molecule has 13 heavy (non-hydrogen) atoms. The molecule has 1 aliphatic carbocycles. The highest BCUT2D eigenvalue weighted by Gasteiger charge is 2.12. The van der Waals surface area contributed by atoms with E-state index in [4.69, 9.17) is 0 Å². The molecule has 0 amide bonds. The van der Waals surface area contributed by atoms with E-state index in [1.807, 2.05) is 12.2 Å². The fourth-order valence-corrected chi connectivity index (χ4v) is 1.61. The predicted octanol–water partition coefficient (Wildman–Crippen LogP) is 4.03. The van der Waals surface area contributed by atoms with Gasteiger partial charge in [-0.1, -0.05) is 43.4 Å². The van der Waals surface area contributed by atoms with Gasteiger partial charge in [0.15, 0.2) is 0 Å². The lowest BCUT2D eigenvalue weighted by atomic mass is 9.86. The Balaban J connectivity index is 2.90. The first-order valence-corrected chi connectivity index (χ1v) is 4.82. The van der Waals surface area contributed by atoms with Crippen molar-refractivity contribution in [3.8, 4) is 0 Å². The standard InChI is InChI=1S/C13H18/c1-5-6-7-13-9-11(3)10(2)8-12(13)4/h5-8,11H,1,9H2,2-4H3/b7-6-. The second-order valence-corrected chi connectivity index (χ2v) is 3.80. The summed E-state index contributed by atoms with van der Waals surface area (Å²) in [6, 6.07) is 0. The normalized spacial score (nSPS) is 23.6. The molecule has 1 rings (SSSR count). The third-order valence-electron chi connectivity index (χ3n) is 2.69. The zero-order valence-electron chi connectivity index (χ0n) is 8.80. The largest absolute Gasteiger partial charge is 0.0991 e. The summed E-state index contributed by atoms with van der Waals surface area (Å²) in [5.41, 5.74) is 4.33. The summed E-state index contributed by atoms with van der Waals surface area (Å²) >= 11 is 0. The molecule has 1 unspecified atom stereocenters. The summed E-state index contributed by atoms with van der Waals surface area (Å²) in [5, 5.41) is 0. The van der Waals surface area contributed by atoms with Crippen molar-refractivity contribution < 1.29 is 0 Å². The molecule has 0 saturated heterocycles. The van der Waals surface area contributed by atoms with Crippen LogP contribution in [0.4, 0.5) is 0 Å². The van der Waals surface area contributed by atoms with Crippen molar-refractivity contribution >= 4 is 0 Å². The van der Waals surface area contributed by atoms with Gasteiger partial charge >= 0.3 is 0 Å². The van der Waals surface area contributed by atoms with Gasteiger partial charge in [0.25, 0.3) is 0 Å². The van der Waals surface area contributed by atoms with Crippen molar-refractivity contribution in [3.05, 3.63) is 47.6 Å². The Morgan fingerprint density at radius 2 is 2.15 bits per heavy atom. The average Bonchev–Trinajstić information content (AvgIpc) is 2.09. The van der Waals surface area contributed by atoms with Crippen LogP contribution in [0.5, 0.6) is 0 Å². The monoisotopic (exact) mass is 174 g/mol. The quantitative estimate of drug-likeness (QED) is 0.554. The lowest BCUT2D eigenvalue weighted by Gasteiger charge is -2.20. The second kappa shape index (κ2) is 4.27. The van der Waals surface area contributed by atoms with Crippen LogP contribution in [0.3, 0.4) is 0 Å². The van der Waals surface area contributed by atoms with Crippen LogP contribution in [0, 0.1) is 5.92 Å². The fourth-order valence-electron chi connectivity index (χ4n) is 1.61. The molecule has 0 bridgehead atoms.